The molecule has 1 aliphatic heterocycles. The topological polar surface area (TPSA) is 89.3 Å². The van der Waals surface area contributed by atoms with E-state index in [2.05, 4.69) is 32.5 Å². The summed E-state index contributed by atoms with van der Waals surface area (Å²) in [7, 11) is 0. The van der Waals surface area contributed by atoms with Crippen LogP contribution < -0.4 is 5.32 Å². The lowest BCUT2D eigenvalue weighted by Crippen LogP contribution is -2.36. The van der Waals surface area contributed by atoms with Crippen LogP contribution in [0, 0.1) is 0 Å². The first kappa shape index (κ1) is 18.4. The number of nitrogens with zero attached hydrogens (tertiary/aromatic N) is 3. The van der Waals surface area contributed by atoms with Gasteiger partial charge in [0.05, 0.1) is 31.1 Å². The molecule has 1 unspecified atom stereocenters. The zero-order chi connectivity index (χ0) is 17.6. The maximum absolute atomic E-state index is 10.6. The molecule has 0 aliphatic carbocycles. The highest BCUT2D eigenvalue weighted by Crippen LogP contribution is 2.13. The largest absolute Gasteiger partial charge is 0.490 e. The molecule has 2 N–H and O–H groups in total. The van der Waals surface area contributed by atoms with Gasteiger partial charge in [0.2, 0.25) is 0 Å². The number of carboxylic acid groups (broad SMARTS) is 1. The number of aromatic nitrogens is 3. The standard InChI is InChI=1S/C11H14N4OS.C2HF3O2/c1-2-17-8-9(1)3-12-5-11-6-15-10(7-16-11)4-13-14-15;3-2(4,5)1(6)7/h1-2,4,8,11-12H,3,5-7H2;(H,6,7). The molecule has 3 heterocycles. The Labute approximate surface area is 139 Å². The van der Waals surface area contributed by atoms with E-state index in [1.54, 1.807) is 17.5 Å². The summed E-state index contributed by atoms with van der Waals surface area (Å²) in [6, 6.07) is 2.13. The van der Waals surface area contributed by atoms with E-state index in [9.17, 15) is 13.2 Å². The fraction of sp³-hybridized carbons (Fsp3) is 0.462. The van der Waals surface area contributed by atoms with E-state index < -0.39 is 12.1 Å². The zero-order valence-electron chi connectivity index (χ0n) is 12.4. The van der Waals surface area contributed by atoms with Crippen molar-refractivity contribution in [1.82, 2.24) is 20.3 Å². The van der Waals surface area contributed by atoms with Crippen molar-refractivity contribution in [3.63, 3.8) is 0 Å². The third-order valence-corrected chi connectivity index (χ3v) is 3.80. The van der Waals surface area contributed by atoms with Crippen LogP contribution in [0.3, 0.4) is 0 Å². The smallest absolute Gasteiger partial charge is 0.475 e. The molecule has 24 heavy (non-hydrogen) atoms. The number of thiophene rings is 1. The van der Waals surface area contributed by atoms with Gasteiger partial charge in [-0.2, -0.15) is 24.5 Å². The molecule has 0 radical (unpaired) electrons. The maximum Gasteiger partial charge on any atom is 0.490 e. The fourth-order valence-electron chi connectivity index (χ4n) is 1.89. The molecule has 0 saturated heterocycles. The molecule has 1 atom stereocenters. The Morgan fingerprint density at radius 3 is 2.92 bits per heavy atom. The van der Waals surface area contributed by atoms with Crippen LogP contribution >= 0.6 is 11.3 Å². The van der Waals surface area contributed by atoms with Gasteiger partial charge in [0, 0.05) is 13.1 Å². The second kappa shape index (κ2) is 8.22. The van der Waals surface area contributed by atoms with E-state index >= 15 is 0 Å². The number of carboxylic acids is 1. The van der Waals surface area contributed by atoms with E-state index in [1.165, 1.54) is 5.56 Å². The van der Waals surface area contributed by atoms with Gasteiger partial charge in [0.15, 0.2) is 0 Å². The van der Waals surface area contributed by atoms with Gasteiger partial charge in [0.1, 0.15) is 0 Å². The van der Waals surface area contributed by atoms with Gasteiger partial charge in [-0.15, -0.1) is 5.10 Å². The number of halogens is 3. The van der Waals surface area contributed by atoms with Crippen LogP contribution in [0.25, 0.3) is 0 Å². The molecule has 0 saturated carbocycles. The van der Waals surface area contributed by atoms with E-state index in [0.29, 0.717) is 6.61 Å². The van der Waals surface area contributed by atoms with Crippen LogP contribution in [0.5, 0.6) is 0 Å². The molecule has 0 amide bonds. The number of hydrogen-bond acceptors (Lipinski definition) is 6. The molecular formula is C13H15F3N4O3S. The molecule has 2 aromatic heterocycles. The predicted molar refractivity (Wildman–Crippen MR) is 78.3 cm³/mol. The summed E-state index contributed by atoms with van der Waals surface area (Å²) in [5.41, 5.74) is 2.38. The van der Waals surface area contributed by atoms with Crippen molar-refractivity contribution in [2.24, 2.45) is 0 Å². The molecule has 11 heteroatoms. The van der Waals surface area contributed by atoms with Crippen molar-refractivity contribution < 1.29 is 27.8 Å². The molecule has 0 bridgehead atoms. The monoisotopic (exact) mass is 364 g/mol. The van der Waals surface area contributed by atoms with Crippen molar-refractivity contribution in [3.8, 4) is 0 Å². The van der Waals surface area contributed by atoms with E-state index in [0.717, 1.165) is 25.3 Å². The normalized spacial score (nSPS) is 16.9. The second-order valence-corrected chi connectivity index (χ2v) is 5.69. The fourth-order valence-corrected chi connectivity index (χ4v) is 2.56. The molecule has 0 fully saturated rings. The van der Waals surface area contributed by atoms with Crippen molar-refractivity contribution in [2.45, 2.75) is 32.0 Å². The van der Waals surface area contributed by atoms with Gasteiger partial charge < -0.3 is 15.2 Å². The highest BCUT2D eigenvalue weighted by Gasteiger charge is 2.38. The Bertz CT molecular complexity index is 645. The molecule has 2 aromatic rings. The van der Waals surface area contributed by atoms with E-state index in [4.69, 9.17) is 14.6 Å². The van der Waals surface area contributed by atoms with Crippen LogP contribution in [0.4, 0.5) is 13.2 Å². The minimum atomic E-state index is -5.08. The average Bonchev–Trinajstić information content (AvgIpc) is 3.17. The quantitative estimate of drug-likeness (QED) is 0.858. The predicted octanol–water partition coefficient (Wildman–Crippen LogP) is 1.66. The van der Waals surface area contributed by atoms with Gasteiger partial charge in [-0.3, -0.25) is 0 Å². The van der Waals surface area contributed by atoms with E-state index in [-0.39, 0.29) is 6.10 Å². The minimum Gasteiger partial charge on any atom is -0.475 e. The summed E-state index contributed by atoms with van der Waals surface area (Å²) in [6.07, 6.45) is -3.14. The molecular weight excluding hydrogens is 349 g/mol. The zero-order valence-corrected chi connectivity index (χ0v) is 13.2. The van der Waals surface area contributed by atoms with Gasteiger partial charge >= 0.3 is 12.1 Å². The molecule has 132 valence electrons. The number of aliphatic carboxylic acids is 1. The minimum absolute atomic E-state index is 0.183. The Kier molecular flexibility index (Phi) is 6.29. The summed E-state index contributed by atoms with van der Waals surface area (Å²) >= 11 is 1.72. The number of alkyl halides is 3. The van der Waals surface area contributed by atoms with Crippen molar-refractivity contribution in [2.75, 3.05) is 6.54 Å². The van der Waals surface area contributed by atoms with Crippen LogP contribution in [0.1, 0.15) is 11.3 Å². The molecule has 7 nitrogen and oxygen atoms in total. The number of carbonyl (C=O) groups is 1. The summed E-state index contributed by atoms with van der Waals surface area (Å²) in [6.45, 7) is 3.13. The lowest BCUT2D eigenvalue weighted by Gasteiger charge is -2.23. The Morgan fingerprint density at radius 1 is 1.54 bits per heavy atom. The first-order valence-electron chi connectivity index (χ1n) is 6.87. The lowest BCUT2D eigenvalue weighted by molar-refractivity contribution is -0.192. The first-order valence-corrected chi connectivity index (χ1v) is 7.81. The summed E-state index contributed by atoms with van der Waals surface area (Å²) in [4.78, 5) is 8.90. The third kappa shape index (κ3) is 5.58. The van der Waals surface area contributed by atoms with Gasteiger partial charge in [-0.1, -0.05) is 5.21 Å². The van der Waals surface area contributed by atoms with Gasteiger partial charge in [-0.05, 0) is 22.4 Å². The van der Waals surface area contributed by atoms with Gasteiger partial charge in [-0.25, -0.2) is 9.48 Å². The first-order chi connectivity index (χ1) is 11.4. The van der Waals surface area contributed by atoms with Gasteiger partial charge in [0.25, 0.3) is 0 Å². The number of rotatable bonds is 4. The Hall–Kier alpha value is -1.98. The van der Waals surface area contributed by atoms with Crippen molar-refractivity contribution in [3.05, 3.63) is 34.3 Å². The molecule has 0 spiro atoms. The summed E-state index contributed by atoms with van der Waals surface area (Å²) in [5, 5.41) is 22.7. The highest BCUT2D eigenvalue weighted by atomic mass is 32.1. The maximum atomic E-state index is 10.6. The van der Waals surface area contributed by atoms with Crippen LogP contribution in [0.2, 0.25) is 0 Å². The second-order valence-electron chi connectivity index (χ2n) is 4.91. The number of ether oxygens (including phenoxy) is 1. The summed E-state index contributed by atoms with van der Waals surface area (Å²) in [5.74, 6) is -2.76. The SMILES string of the molecule is O=C(O)C(F)(F)F.c1cc(CNCC2Cn3nncc3CO2)cs1. The molecule has 1 aliphatic rings. The van der Waals surface area contributed by atoms with E-state index in [1.807, 2.05) is 4.68 Å². The number of hydrogen-bond donors (Lipinski definition) is 2. The average molecular weight is 364 g/mol. The van der Waals surface area contributed by atoms with Crippen LogP contribution in [-0.4, -0.2) is 44.9 Å². The van der Waals surface area contributed by atoms with Crippen molar-refractivity contribution >= 4 is 17.3 Å². The number of nitrogens with one attached hydrogen (secondary N) is 1. The number of fused-ring (bicyclic) bond motifs is 1. The van der Waals surface area contributed by atoms with Crippen LogP contribution in [-0.2, 0) is 29.2 Å². The molecule has 3 rings (SSSR count). The Morgan fingerprint density at radius 2 is 2.29 bits per heavy atom. The highest BCUT2D eigenvalue weighted by molar-refractivity contribution is 7.07. The van der Waals surface area contributed by atoms with Crippen molar-refractivity contribution in [1.29, 1.82) is 0 Å². The molecule has 0 aromatic carbocycles. The lowest BCUT2D eigenvalue weighted by atomic mass is 10.2. The van der Waals surface area contributed by atoms with Crippen LogP contribution in [0.15, 0.2) is 23.0 Å². The summed E-state index contributed by atoms with van der Waals surface area (Å²) < 4.78 is 39.4. The third-order valence-electron chi connectivity index (χ3n) is 3.07. The Balaban J connectivity index is 0.000000256.